The van der Waals surface area contributed by atoms with Crippen LogP contribution in [0, 0.1) is 0 Å². The fourth-order valence-electron chi connectivity index (χ4n) is 1.09. The Labute approximate surface area is 80.0 Å². The van der Waals surface area contributed by atoms with Gasteiger partial charge < -0.3 is 4.74 Å². The van der Waals surface area contributed by atoms with E-state index in [1.165, 1.54) is 5.56 Å². The lowest BCUT2D eigenvalue weighted by Crippen LogP contribution is -2.06. The standard InChI is InChI=1S/C11H17NO/c1-8(2)10-5-11(7-12-6-10)13-9(3)4/h5-9H,1-4H3. The lowest BCUT2D eigenvalue weighted by molar-refractivity contribution is 0.241. The summed E-state index contributed by atoms with van der Waals surface area (Å²) in [6.45, 7) is 8.33. The predicted molar refractivity (Wildman–Crippen MR) is 54.1 cm³/mol. The van der Waals surface area contributed by atoms with Crippen molar-refractivity contribution in [1.29, 1.82) is 0 Å². The molecule has 0 N–H and O–H groups in total. The molecule has 0 fully saturated rings. The van der Waals surface area contributed by atoms with Gasteiger partial charge in [0.15, 0.2) is 0 Å². The Morgan fingerprint density at radius 3 is 2.38 bits per heavy atom. The molecular formula is C11H17NO. The van der Waals surface area contributed by atoms with Gasteiger partial charge in [0, 0.05) is 6.20 Å². The summed E-state index contributed by atoms with van der Waals surface area (Å²) in [6, 6.07) is 2.05. The highest BCUT2D eigenvalue weighted by Crippen LogP contribution is 2.19. The largest absolute Gasteiger partial charge is 0.489 e. The summed E-state index contributed by atoms with van der Waals surface area (Å²) in [5.74, 6) is 1.37. The molecule has 0 spiro atoms. The molecule has 13 heavy (non-hydrogen) atoms. The minimum Gasteiger partial charge on any atom is -0.489 e. The summed E-state index contributed by atoms with van der Waals surface area (Å²) in [6.07, 6.45) is 3.85. The van der Waals surface area contributed by atoms with E-state index in [2.05, 4.69) is 24.9 Å². The molecule has 0 aliphatic rings. The molecule has 0 saturated heterocycles. The number of rotatable bonds is 3. The fraction of sp³-hybridized carbons (Fsp3) is 0.545. The maximum atomic E-state index is 5.54. The van der Waals surface area contributed by atoms with Gasteiger partial charge in [0.1, 0.15) is 5.75 Å². The van der Waals surface area contributed by atoms with Crippen LogP contribution in [0.15, 0.2) is 18.5 Å². The molecule has 0 aromatic carbocycles. The van der Waals surface area contributed by atoms with Crippen LogP contribution < -0.4 is 4.74 Å². The minimum absolute atomic E-state index is 0.212. The molecule has 1 aromatic heterocycles. The van der Waals surface area contributed by atoms with Gasteiger partial charge in [0.25, 0.3) is 0 Å². The van der Waals surface area contributed by atoms with E-state index in [1.807, 2.05) is 20.0 Å². The minimum atomic E-state index is 0.212. The van der Waals surface area contributed by atoms with Crippen molar-refractivity contribution in [3.05, 3.63) is 24.0 Å². The summed E-state index contributed by atoms with van der Waals surface area (Å²) in [4.78, 5) is 4.13. The number of hydrogen-bond donors (Lipinski definition) is 0. The molecule has 0 bridgehead atoms. The smallest absolute Gasteiger partial charge is 0.138 e. The van der Waals surface area contributed by atoms with Crippen LogP contribution in [0.1, 0.15) is 39.2 Å². The fourth-order valence-corrected chi connectivity index (χ4v) is 1.09. The topological polar surface area (TPSA) is 22.1 Å². The maximum absolute atomic E-state index is 5.54. The van der Waals surface area contributed by atoms with E-state index < -0.39 is 0 Å². The van der Waals surface area contributed by atoms with Crippen LogP contribution in [-0.2, 0) is 0 Å². The number of hydrogen-bond acceptors (Lipinski definition) is 2. The normalized spacial score (nSPS) is 10.9. The van der Waals surface area contributed by atoms with Gasteiger partial charge in [-0.25, -0.2) is 0 Å². The highest BCUT2D eigenvalue weighted by atomic mass is 16.5. The third kappa shape index (κ3) is 3.05. The Morgan fingerprint density at radius 1 is 1.15 bits per heavy atom. The first-order chi connectivity index (χ1) is 6.09. The van der Waals surface area contributed by atoms with Crippen molar-refractivity contribution >= 4 is 0 Å². The highest BCUT2D eigenvalue weighted by Gasteiger charge is 2.02. The number of nitrogens with zero attached hydrogens (tertiary/aromatic N) is 1. The Morgan fingerprint density at radius 2 is 1.85 bits per heavy atom. The van der Waals surface area contributed by atoms with Gasteiger partial charge in [-0.05, 0) is 31.4 Å². The molecule has 0 aliphatic carbocycles. The zero-order valence-corrected chi connectivity index (χ0v) is 8.74. The van der Waals surface area contributed by atoms with Crippen LogP contribution in [0.25, 0.3) is 0 Å². The molecule has 0 unspecified atom stereocenters. The van der Waals surface area contributed by atoms with Gasteiger partial charge in [0.05, 0.1) is 12.3 Å². The second-order valence-electron chi connectivity index (χ2n) is 3.78. The summed E-state index contributed by atoms with van der Waals surface area (Å²) in [7, 11) is 0. The lowest BCUT2D eigenvalue weighted by Gasteiger charge is -2.11. The quantitative estimate of drug-likeness (QED) is 0.711. The average Bonchev–Trinajstić information content (AvgIpc) is 2.03. The number of pyridine rings is 1. The molecule has 0 aliphatic heterocycles. The molecule has 1 aromatic rings. The van der Waals surface area contributed by atoms with Gasteiger partial charge in [0.2, 0.25) is 0 Å². The Balaban J connectivity index is 2.79. The third-order valence-corrected chi connectivity index (χ3v) is 1.77. The van der Waals surface area contributed by atoms with Crippen LogP contribution in [0.2, 0.25) is 0 Å². The second-order valence-corrected chi connectivity index (χ2v) is 3.78. The molecule has 0 radical (unpaired) electrons. The highest BCUT2D eigenvalue weighted by molar-refractivity contribution is 5.25. The third-order valence-electron chi connectivity index (χ3n) is 1.77. The number of aromatic nitrogens is 1. The number of ether oxygens (including phenoxy) is 1. The first kappa shape index (κ1) is 10.0. The van der Waals surface area contributed by atoms with E-state index in [1.54, 1.807) is 6.20 Å². The second kappa shape index (κ2) is 4.26. The SMILES string of the molecule is CC(C)Oc1cncc(C(C)C)c1. The molecule has 2 nitrogen and oxygen atoms in total. The average molecular weight is 179 g/mol. The van der Waals surface area contributed by atoms with Crippen LogP contribution in [0.4, 0.5) is 0 Å². The van der Waals surface area contributed by atoms with Crippen LogP contribution in [0.5, 0.6) is 5.75 Å². The van der Waals surface area contributed by atoms with Gasteiger partial charge >= 0.3 is 0 Å². The van der Waals surface area contributed by atoms with Gasteiger partial charge in [-0.3, -0.25) is 4.98 Å². The monoisotopic (exact) mass is 179 g/mol. The Bertz CT molecular complexity index is 269. The zero-order valence-electron chi connectivity index (χ0n) is 8.74. The summed E-state index contributed by atoms with van der Waals surface area (Å²) < 4.78 is 5.54. The van der Waals surface area contributed by atoms with Gasteiger partial charge in [-0.2, -0.15) is 0 Å². The van der Waals surface area contributed by atoms with Crippen LogP contribution in [0.3, 0.4) is 0 Å². The first-order valence-electron chi connectivity index (χ1n) is 4.71. The van der Waals surface area contributed by atoms with Crippen molar-refractivity contribution in [3.8, 4) is 5.75 Å². The lowest BCUT2D eigenvalue weighted by atomic mass is 10.1. The van der Waals surface area contributed by atoms with E-state index >= 15 is 0 Å². The van der Waals surface area contributed by atoms with Crippen LogP contribution >= 0.6 is 0 Å². The van der Waals surface area contributed by atoms with Gasteiger partial charge in [-0.15, -0.1) is 0 Å². The molecule has 1 heterocycles. The van der Waals surface area contributed by atoms with E-state index in [4.69, 9.17) is 4.74 Å². The van der Waals surface area contributed by atoms with E-state index in [-0.39, 0.29) is 6.10 Å². The van der Waals surface area contributed by atoms with Crippen molar-refractivity contribution in [1.82, 2.24) is 4.98 Å². The molecule has 1 rings (SSSR count). The summed E-state index contributed by atoms with van der Waals surface area (Å²) in [5, 5.41) is 0. The Hall–Kier alpha value is -1.05. The van der Waals surface area contributed by atoms with Crippen molar-refractivity contribution in [2.75, 3.05) is 0 Å². The molecule has 2 heteroatoms. The van der Waals surface area contributed by atoms with E-state index in [0.717, 1.165) is 5.75 Å². The maximum Gasteiger partial charge on any atom is 0.138 e. The van der Waals surface area contributed by atoms with Gasteiger partial charge in [-0.1, -0.05) is 13.8 Å². The van der Waals surface area contributed by atoms with E-state index in [0.29, 0.717) is 5.92 Å². The van der Waals surface area contributed by atoms with Crippen molar-refractivity contribution < 1.29 is 4.74 Å². The molecule has 0 amide bonds. The zero-order chi connectivity index (χ0) is 9.84. The molecular weight excluding hydrogens is 162 g/mol. The molecule has 72 valence electrons. The predicted octanol–water partition coefficient (Wildman–Crippen LogP) is 2.99. The van der Waals surface area contributed by atoms with Crippen molar-refractivity contribution in [3.63, 3.8) is 0 Å². The van der Waals surface area contributed by atoms with Crippen molar-refractivity contribution in [2.45, 2.75) is 39.7 Å². The van der Waals surface area contributed by atoms with Crippen molar-refractivity contribution in [2.24, 2.45) is 0 Å². The molecule has 0 atom stereocenters. The summed E-state index contributed by atoms with van der Waals surface area (Å²) in [5.41, 5.74) is 1.22. The Kier molecular flexibility index (Phi) is 3.29. The van der Waals surface area contributed by atoms with Crippen LogP contribution in [-0.4, -0.2) is 11.1 Å². The molecule has 0 saturated carbocycles. The summed E-state index contributed by atoms with van der Waals surface area (Å²) >= 11 is 0. The first-order valence-corrected chi connectivity index (χ1v) is 4.71. The van der Waals surface area contributed by atoms with E-state index in [9.17, 15) is 0 Å².